The summed E-state index contributed by atoms with van der Waals surface area (Å²) < 4.78 is 20.6. The van der Waals surface area contributed by atoms with Crippen LogP contribution in [0.2, 0.25) is 0 Å². The van der Waals surface area contributed by atoms with E-state index in [2.05, 4.69) is 0 Å². The van der Waals surface area contributed by atoms with Gasteiger partial charge >= 0.3 is 5.97 Å². The number of carbonyl (C=O) groups excluding carboxylic acids is 2. The Bertz CT molecular complexity index is 699. The van der Waals surface area contributed by atoms with E-state index < -0.39 is 11.8 Å². The highest BCUT2D eigenvalue weighted by atomic mass is 16.5. The lowest BCUT2D eigenvalue weighted by Crippen LogP contribution is -2.18. The molecule has 2 rings (SSSR count). The van der Waals surface area contributed by atoms with Gasteiger partial charge in [0.05, 0.1) is 21.3 Å². The monoisotopic (exact) mass is 330 g/mol. The van der Waals surface area contributed by atoms with Crippen LogP contribution in [0.1, 0.15) is 15.9 Å². The SMILES string of the molecule is COc1cc(C(=O)C(=O)OCc2ccccc2)cc(OC)c1OC. The normalized spacial score (nSPS) is 9.96. The molecule has 0 saturated carbocycles. The molecule has 24 heavy (non-hydrogen) atoms. The Morgan fingerprint density at radius 1 is 0.875 bits per heavy atom. The molecule has 0 aliphatic heterocycles. The topological polar surface area (TPSA) is 71.1 Å². The molecule has 0 fully saturated rings. The van der Waals surface area contributed by atoms with Gasteiger partial charge in [0.15, 0.2) is 11.5 Å². The fourth-order valence-electron chi connectivity index (χ4n) is 2.12. The van der Waals surface area contributed by atoms with Gasteiger partial charge in [-0.1, -0.05) is 30.3 Å². The number of esters is 1. The van der Waals surface area contributed by atoms with E-state index in [4.69, 9.17) is 18.9 Å². The molecule has 0 unspecified atom stereocenters. The number of carbonyl (C=O) groups is 2. The highest BCUT2D eigenvalue weighted by molar-refractivity contribution is 6.40. The largest absolute Gasteiger partial charge is 0.493 e. The van der Waals surface area contributed by atoms with Crippen LogP contribution in [0.25, 0.3) is 0 Å². The van der Waals surface area contributed by atoms with E-state index in [1.54, 1.807) is 12.1 Å². The highest BCUT2D eigenvalue weighted by Gasteiger charge is 2.23. The van der Waals surface area contributed by atoms with Crippen LogP contribution in [-0.4, -0.2) is 33.1 Å². The van der Waals surface area contributed by atoms with E-state index in [9.17, 15) is 9.59 Å². The predicted molar refractivity (Wildman–Crippen MR) is 86.7 cm³/mol. The fourth-order valence-corrected chi connectivity index (χ4v) is 2.12. The standard InChI is InChI=1S/C18H18O6/c1-21-14-9-13(10-15(22-2)17(14)23-3)16(19)18(20)24-11-12-7-5-4-6-8-12/h4-10H,11H2,1-3H3. The maximum absolute atomic E-state index is 12.3. The van der Waals surface area contributed by atoms with Gasteiger partial charge in [-0.25, -0.2) is 4.79 Å². The van der Waals surface area contributed by atoms with Crippen LogP contribution in [0, 0.1) is 0 Å². The molecule has 0 aliphatic carbocycles. The molecule has 0 aliphatic rings. The van der Waals surface area contributed by atoms with Crippen LogP contribution < -0.4 is 14.2 Å². The van der Waals surface area contributed by atoms with Crippen LogP contribution in [0.3, 0.4) is 0 Å². The zero-order valence-corrected chi connectivity index (χ0v) is 13.7. The number of Topliss-reactive ketones (excluding diaryl/α,β-unsaturated/α-hetero) is 1. The molecule has 0 saturated heterocycles. The van der Waals surface area contributed by atoms with E-state index in [-0.39, 0.29) is 23.7 Å². The predicted octanol–water partition coefficient (Wildman–Crippen LogP) is 2.64. The number of hydrogen-bond donors (Lipinski definition) is 0. The zero-order chi connectivity index (χ0) is 17.5. The van der Waals surface area contributed by atoms with Crippen molar-refractivity contribution in [3.63, 3.8) is 0 Å². The van der Waals surface area contributed by atoms with Crippen LogP contribution in [0.4, 0.5) is 0 Å². The molecule has 0 atom stereocenters. The maximum Gasteiger partial charge on any atom is 0.380 e. The molecule has 0 amide bonds. The minimum Gasteiger partial charge on any atom is -0.493 e. The average molecular weight is 330 g/mol. The number of ether oxygens (including phenoxy) is 4. The minimum atomic E-state index is -0.951. The Morgan fingerprint density at radius 3 is 1.96 bits per heavy atom. The van der Waals surface area contributed by atoms with Crippen molar-refractivity contribution in [3.8, 4) is 17.2 Å². The molecule has 6 heteroatoms. The smallest absolute Gasteiger partial charge is 0.380 e. The molecule has 2 aromatic carbocycles. The second kappa shape index (κ2) is 8.01. The molecule has 2 aromatic rings. The van der Waals surface area contributed by atoms with Crippen molar-refractivity contribution in [3.05, 3.63) is 53.6 Å². The second-order valence-electron chi connectivity index (χ2n) is 4.80. The van der Waals surface area contributed by atoms with Gasteiger partial charge in [0.1, 0.15) is 6.61 Å². The quantitative estimate of drug-likeness (QED) is 0.441. The highest BCUT2D eigenvalue weighted by Crippen LogP contribution is 2.38. The molecule has 0 spiro atoms. The fraction of sp³-hybridized carbons (Fsp3) is 0.222. The van der Waals surface area contributed by atoms with Crippen LogP contribution >= 0.6 is 0 Å². The Hall–Kier alpha value is -3.02. The Kier molecular flexibility index (Phi) is 5.78. The maximum atomic E-state index is 12.3. The van der Waals surface area contributed by atoms with Gasteiger partial charge in [-0.2, -0.15) is 0 Å². The molecule has 0 bridgehead atoms. The molecule has 6 nitrogen and oxygen atoms in total. The lowest BCUT2D eigenvalue weighted by molar-refractivity contribution is -0.139. The molecular weight excluding hydrogens is 312 g/mol. The summed E-state index contributed by atoms with van der Waals surface area (Å²) in [5.74, 6) is -0.820. The van der Waals surface area contributed by atoms with Crippen LogP contribution in [0.15, 0.2) is 42.5 Å². The summed E-state index contributed by atoms with van der Waals surface area (Å²) in [6.45, 7) is 0.0236. The van der Waals surface area contributed by atoms with Gasteiger partial charge in [0, 0.05) is 5.56 Å². The first-order valence-electron chi connectivity index (χ1n) is 7.16. The third kappa shape index (κ3) is 3.84. The summed E-state index contributed by atoms with van der Waals surface area (Å²) in [6.07, 6.45) is 0. The van der Waals surface area contributed by atoms with Crippen molar-refractivity contribution >= 4 is 11.8 Å². The number of methoxy groups -OCH3 is 3. The van der Waals surface area contributed by atoms with E-state index in [1.165, 1.54) is 33.5 Å². The summed E-state index contributed by atoms with van der Waals surface area (Å²) in [6, 6.07) is 11.9. The van der Waals surface area contributed by atoms with Gasteiger partial charge in [-0.3, -0.25) is 4.79 Å². The van der Waals surface area contributed by atoms with Gasteiger partial charge in [0.25, 0.3) is 5.78 Å². The molecule has 0 heterocycles. The van der Waals surface area contributed by atoms with Crippen molar-refractivity contribution in [2.45, 2.75) is 6.61 Å². The average Bonchev–Trinajstić information content (AvgIpc) is 2.64. The Morgan fingerprint density at radius 2 is 1.46 bits per heavy atom. The van der Waals surface area contributed by atoms with E-state index >= 15 is 0 Å². The summed E-state index contributed by atoms with van der Waals surface area (Å²) in [5, 5.41) is 0. The summed E-state index contributed by atoms with van der Waals surface area (Å²) >= 11 is 0. The van der Waals surface area contributed by atoms with E-state index in [1.807, 2.05) is 18.2 Å². The van der Waals surface area contributed by atoms with Gasteiger partial charge in [0.2, 0.25) is 5.75 Å². The number of hydrogen-bond acceptors (Lipinski definition) is 6. The van der Waals surface area contributed by atoms with Gasteiger partial charge < -0.3 is 18.9 Å². The number of ketones is 1. The zero-order valence-electron chi connectivity index (χ0n) is 13.7. The second-order valence-corrected chi connectivity index (χ2v) is 4.80. The number of rotatable bonds is 7. The first-order chi connectivity index (χ1) is 11.6. The van der Waals surface area contributed by atoms with Crippen molar-refractivity contribution in [2.75, 3.05) is 21.3 Å². The third-order valence-electron chi connectivity index (χ3n) is 3.33. The summed E-state index contributed by atoms with van der Waals surface area (Å²) in [7, 11) is 4.31. The van der Waals surface area contributed by atoms with Crippen LogP contribution in [0.5, 0.6) is 17.2 Å². The minimum absolute atomic E-state index is 0.0236. The van der Waals surface area contributed by atoms with E-state index in [0.717, 1.165) is 5.56 Å². The number of benzene rings is 2. The third-order valence-corrected chi connectivity index (χ3v) is 3.33. The van der Waals surface area contributed by atoms with Gasteiger partial charge in [-0.05, 0) is 17.7 Å². The first kappa shape index (κ1) is 17.3. The van der Waals surface area contributed by atoms with Crippen LogP contribution in [-0.2, 0) is 16.1 Å². The Balaban J connectivity index is 2.17. The van der Waals surface area contributed by atoms with E-state index in [0.29, 0.717) is 5.75 Å². The summed E-state index contributed by atoms with van der Waals surface area (Å²) in [4.78, 5) is 24.3. The first-order valence-corrected chi connectivity index (χ1v) is 7.16. The lowest BCUT2D eigenvalue weighted by Gasteiger charge is -2.13. The molecular formula is C18H18O6. The lowest BCUT2D eigenvalue weighted by atomic mass is 10.1. The van der Waals surface area contributed by atoms with Crippen molar-refractivity contribution in [1.29, 1.82) is 0 Å². The summed E-state index contributed by atoms with van der Waals surface area (Å²) in [5.41, 5.74) is 0.895. The molecule has 0 N–H and O–H groups in total. The van der Waals surface area contributed by atoms with Crippen molar-refractivity contribution in [1.82, 2.24) is 0 Å². The molecule has 0 aromatic heterocycles. The molecule has 0 radical (unpaired) electrons. The Labute approximate surface area is 139 Å². The molecule has 126 valence electrons. The van der Waals surface area contributed by atoms with Crippen molar-refractivity contribution < 1.29 is 28.5 Å². The van der Waals surface area contributed by atoms with Crippen molar-refractivity contribution in [2.24, 2.45) is 0 Å². The van der Waals surface area contributed by atoms with Gasteiger partial charge in [-0.15, -0.1) is 0 Å².